The van der Waals surface area contributed by atoms with Crippen LogP contribution in [-0.4, -0.2) is 16.8 Å². The van der Waals surface area contributed by atoms with E-state index in [1.165, 1.54) is 5.56 Å². The second kappa shape index (κ2) is 5.29. The number of rotatable bonds is 2. The zero-order valence-corrected chi connectivity index (χ0v) is 11.7. The van der Waals surface area contributed by atoms with Gasteiger partial charge >= 0.3 is 6.03 Å². The van der Waals surface area contributed by atoms with E-state index in [0.717, 1.165) is 30.0 Å². The first-order chi connectivity index (χ1) is 9.24. The molecule has 3 nitrogen and oxygen atoms in total. The molecule has 1 aromatic carbocycles. The molecule has 3 rings (SSSR count). The highest BCUT2D eigenvalue weighted by Gasteiger charge is 2.32. The van der Waals surface area contributed by atoms with E-state index in [9.17, 15) is 4.79 Å². The van der Waals surface area contributed by atoms with Crippen molar-refractivity contribution in [2.75, 3.05) is 0 Å². The van der Waals surface area contributed by atoms with Gasteiger partial charge in [-0.05, 0) is 31.7 Å². The second-order valence-corrected chi connectivity index (χ2v) is 6.31. The lowest BCUT2D eigenvalue weighted by Gasteiger charge is -2.20. The molecule has 0 spiro atoms. The van der Waals surface area contributed by atoms with Crippen molar-refractivity contribution in [2.45, 2.75) is 31.4 Å². The summed E-state index contributed by atoms with van der Waals surface area (Å²) in [7, 11) is 0. The molecule has 0 saturated heterocycles. The minimum Gasteiger partial charge on any atom is -0.244 e. The number of amides is 2. The lowest BCUT2D eigenvalue weighted by molar-refractivity contribution is 0.256. The van der Waals surface area contributed by atoms with Gasteiger partial charge < -0.3 is 0 Å². The van der Waals surface area contributed by atoms with Crippen molar-refractivity contribution in [3.8, 4) is 0 Å². The molecule has 1 heterocycles. The molecule has 1 aromatic rings. The predicted octanol–water partition coefficient (Wildman–Crippen LogP) is 4.25. The minimum atomic E-state index is -0.323. The van der Waals surface area contributed by atoms with Gasteiger partial charge in [0.2, 0.25) is 0 Å². The topological polar surface area (TPSA) is 41.8 Å². The Morgan fingerprint density at radius 3 is 2.84 bits per heavy atom. The van der Waals surface area contributed by atoms with E-state index < -0.39 is 0 Å². The second-order valence-electron chi connectivity index (χ2n) is 4.95. The fourth-order valence-corrected chi connectivity index (χ4v) is 3.83. The van der Waals surface area contributed by atoms with Crippen LogP contribution in [0.1, 0.15) is 37.0 Å². The van der Waals surface area contributed by atoms with E-state index >= 15 is 0 Å². The van der Waals surface area contributed by atoms with Crippen molar-refractivity contribution in [1.82, 2.24) is 0 Å². The van der Waals surface area contributed by atoms with E-state index in [0.29, 0.717) is 11.2 Å². The molecule has 0 radical (unpaired) electrons. The summed E-state index contributed by atoms with van der Waals surface area (Å²) < 4.78 is 0. The molecule has 2 atom stereocenters. The molecule has 1 saturated carbocycles. The Morgan fingerprint density at radius 1 is 1.26 bits per heavy atom. The number of fused-ring (bicyclic) bond motifs is 1. The summed E-state index contributed by atoms with van der Waals surface area (Å²) in [4.78, 5) is 19.7. The first kappa shape index (κ1) is 12.6. The molecule has 2 unspecified atom stereocenters. The number of carbonyl (C=O) groups excluding carboxylic acids is 1. The van der Waals surface area contributed by atoms with Crippen LogP contribution in [0.3, 0.4) is 0 Å². The highest BCUT2D eigenvalue weighted by molar-refractivity contribution is 8.14. The van der Waals surface area contributed by atoms with Crippen molar-refractivity contribution in [3.63, 3.8) is 0 Å². The molecule has 1 fully saturated rings. The van der Waals surface area contributed by atoms with E-state index in [1.807, 2.05) is 18.2 Å². The van der Waals surface area contributed by atoms with Gasteiger partial charge in [-0.2, -0.15) is 4.99 Å². The van der Waals surface area contributed by atoms with Crippen LogP contribution < -0.4 is 0 Å². The fraction of sp³-hybridized carbons (Fsp3) is 0.400. The smallest absolute Gasteiger partial charge is 0.244 e. The molecule has 98 valence electrons. The van der Waals surface area contributed by atoms with Crippen LogP contribution in [0.5, 0.6) is 0 Å². The number of aliphatic imine (C=N–C) groups is 2. The lowest BCUT2D eigenvalue weighted by atomic mass is 10.1. The third-order valence-electron chi connectivity index (χ3n) is 3.64. The largest absolute Gasteiger partial charge is 0.367 e. The van der Waals surface area contributed by atoms with Crippen molar-refractivity contribution >= 4 is 28.5 Å². The first-order valence-electron chi connectivity index (χ1n) is 6.65. The summed E-state index contributed by atoms with van der Waals surface area (Å²) in [6.07, 6.45) is 3.16. The summed E-state index contributed by atoms with van der Waals surface area (Å²) in [5, 5.41) is 1.27. The highest BCUT2D eigenvalue weighted by atomic mass is 32.2. The minimum absolute atomic E-state index is 0.300. The van der Waals surface area contributed by atoms with Gasteiger partial charge in [0.15, 0.2) is 0 Å². The normalized spacial score (nSPS) is 23.6. The summed E-state index contributed by atoms with van der Waals surface area (Å²) in [6.45, 7) is 2.16. The van der Waals surface area contributed by atoms with E-state index in [4.69, 9.17) is 0 Å². The number of hydrogen-bond acceptors (Lipinski definition) is 2. The van der Waals surface area contributed by atoms with E-state index in [2.05, 4.69) is 29.0 Å². The summed E-state index contributed by atoms with van der Waals surface area (Å²) >= 11 is 1.70. The van der Waals surface area contributed by atoms with Gasteiger partial charge in [0.25, 0.3) is 0 Å². The van der Waals surface area contributed by atoms with Gasteiger partial charge in [-0.15, -0.1) is 11.8 Å². The van der Waals surface area contributed by atoms with Gasteiger partial charge in [-0.1, -0.05) is 30.3 Å². The van der Waals surface area contributed by atoms with Gasteiger partial charge in [0, 0.05) is 16.9 Å². The third kappa shape index (κ3) is 2.63. The Bertz CT molecular complexity index is 551. The van der Waals surface area contributed by atoms with Crippen molar-refractivity contribution in [3.05, 3.63) is 35.9 Å². The molecule has 0 bridgehead atoms. The molecule has 4 heteroatoms. The molecule has 1 aliphatic carbocycles. The Morgan fingerprint density at radius 2 is 2.05 bits per heavy atom. The zero-order valence-electron chi connectivity index (χ0n) is 10.9. The molecule has 2 amide bonds. The number of urea groups is 1. The number of nitrogens with zero attached hydrogens (tertiary/aromatic N) is 2. The van der Waals surface area contributed by atoms with Crippen LogP contribution in [0, 0.1) is 5.92 Å². The van der Waals surface area contributed by atoms with Crippen LogP contribution in [0.25, 0.3) is 0 Å². The standard InChI is InChI=1S/C15H16N2OS/c1-10(11-6-3-2-4-7-11)19-14-12-8-5-9-13(12)16-15(18)17-14/h2-4,6-7,10,12H,5,8-9H2,1H3. The van der Waals surface area contributed by atoms with Crippen LogP contribution in [-0.2, 0) is 0 Å². The summed E-state index contributed by atoms with van der Waals surface area (Å²) in [6, 6.07) is 10.0. The maximum absolute atomic E-state index is 11.5. The highest BCUT2D eigenvalue weighted by Crippen LogP contribution is 2.37. The quantitative estimate of drug-likeness (QED) is 0.807. The Kier molecular flexibility index (Phi) is 3.51. The molecule has 0 N–H and O–H groups in total. The monoisotopic (exact) mass is 272 g/mol. The van der Waals surface area contributed by atoms with Gasteiger partial charge in [0.1, 0.15) is 0 Å². The van der Waals surface area contributed by atoms with Gasteiger partial charge in [-0.25, -0.2) is 9.79 Å². The molecule has 19 heavy (non-hydrogen) atoms. The average molecular weight is 272 g/mol. The first-order valence-corrected chi connectivity index (χ1v) is 7.53. The van der Waals surface area contributed by atoms with Crippen LogP contribution in [0.15, 0.2) is 40.3 Å². The fourth-order valence-electron chi connectivity index (χ4n) is 2.63. The third-order valence-corrected chi connectivity index (χ3v) is 4.88. The Labute approximate surface area is 117 Å². The number of thioether (sulfide) groups is 1. The summed E-state index contributed by atoms with van der Waals surface area (Å²) in [5.74, 6) is 0.300. The predicted molar refractivity (Wildman–Crippen MR) is 80.1 cm³/mol. The molecular formula is C15H16N2OS. The molecular weight excluding hydrogens is 256 g/mol. The Hall–Kier alpha value is -1.42. The lowest BCUT2D eigenvalue weighted by Crippen LogP contribution is -2.22. The van der Waals surface area contributed by atoms with E-state index in [1.54, 1.807) is 11.8 Å². The maximum Gasteiger partial charge on any atom is 0.367 e. The van der Waals surface area contributed by atoms with Crippen LogP contribution in [0.4, 0.5) is 4.79 Å². The number of hydrogen-bond donors (Lipinski definition) is 0. The van der Waals surface area contributed by atoms with Gasteiger partial charge in [-0.3, -0.25) is 0 Å². The SMILES string of the molecule is CC(SC1=NC(=O)N=C2CCCC21)c1ccccc1. The number of carbonyl (C=O) groups is 1. The van der Waals surface area contributed by atoms with Crippen LogP contribution in [0.2, 0.25) is 0 Å². The van der Waals surface area contributed by atoms with Gasteiger partial charge in [0.05, 0.1) is 5.04 Å². The van der Waals surface area contributed by atoms with Crippen molar-refractivity contribution in [1.29, 1.82) is 0 Å². The van der Waals surface area contributed by atoms with Crippen molar-refractivity contribution < 1.29 is 4.79 Å². The average Bonchev–Trinajstić information content (AvgIpc) is 2.88. The maximum atomic E-state index is 11.5. The van der Waals surface area contributed by atoms with Crippen LogP contribution >= 0.6 is 11.8 Å². The molecule has 0 aromatic heterocycles. The number of benzene rings is 1. The summed E-state index contributed by atoms with van der Waals surface area (Å²) in [5.41, 5.74) is 2.31. The van der Waals surface area contributed by atoms with Crippen molar-refractivity contribution in [2.24, 2.45) is 15.9 Å². The molecule has 2 aliphatic rings. The zero-order chi connectivity index (χ0) is 13.2. The molecule has 1 aliphatic heterocycles. The van der Waals surface area contributed by atoms with E-state index in [-0.39, 0.29) is 6.03 Å². The Balaban J connectivity index is 1.78.